The van der Waals surface area contributed by atoms with E-state index in [1.807, 2.05) is 62.5 Å². The van der Waals surface area contributed by atoms with E-state index in [1.54, 1.807) is 0 Å². The van der Waals surface area contributed by atoms with Crippen molar-refractivity contribution < 1.29 is 3.89 Å². The molecule has 1 nitrogen and oxygen atoms in total. The van der Waals surface area contributed by atoms with Gasteiger partial charge in [-0.05, 0) is 30.9 Å². The lowest BCUT2D eigenvalue weighted by Crippen LogP contribution is -2.12. The summed E-state index contributed by atoms with van der Waals surface area (Å²) in [5.74, 6) is 0. The van der Waals surface area contributed by atoms with E-state index in [1.165, 1.54) is 0 Å². The van der Waals surface area contributed by atoms with Gasteiger partial charge in [0.05, 0.1) is 22.6 Å². The molecule has 0 amide bonds. The number of aromatic nitrogens is 1. The highest BCUT2D eigenvalue weighted by atomic mass is 32.2. The minimum absolute atomic E-state index is 0.367. The number of pyridine rings is 1. The van der Waals surface area contributed by atoms with Crippen molar-refractivity contribution in [3.63, 3.8) is 0 Å². The van der Waals surface area contributed by atoms with Crippen molar-refractivity contribution in [3.05, 3.63) is 66.4 Å². The van der Waals surface area contributed by atoms with E-state index in [-0.39, 0.29) is 0 Å². The summed E-state index contributed by atoms with van der Waals surface area (Å²) < 4.78 is 12.8. The van der Waals surface area contributed by atoms with E-state index in [2.05, 4.69) is 17.1 Å². The third-order valence-electron chi connectivity index (χ3n) is 3.70. The smallest absolute Gasteiger partial charge is 0.0783 e. The molecule has 3 heteroatoms. The first-order valence-electron chi connectivity index (χ1n) is 6.87. The largest absolute Gasteiger partial charge is 0.256 e. The summed E-state index contributed by atoms with van der Waals surface area (Å²) in [7, 11) is 0. The molecule has 0 saturated heterocycles. The molecule has 0 bridgehead atoms. The second-order valence-electron chi connectivity index (χ2n) is 5.51. The molecule has 0 aliphatic heterocycles. The van der Waals surface area contributed by atoms with Gasteiger partial charge in [-0.25, -0.2) is 0 Å². The molecule has 106 valence electrons. The van der Waals surface area contributed by atoms with Crippen LogP contribution < -0.4 is 0 Å². The van der Waals surface area contributed by atoms with Crippen LogP contribution >= 0.6 is 12.1 Å². The monoisotopic (exact) mass is 297 g/mol. The van der Waals surface area contributed by atoms with Crippen molar-refractivity contribution in [2.45, 2.75) is 18.6 Å². The van der Waals surface area contributed by atoms with Gasteiger partial charge in [-0.1, -0.05) is 48.5 Å². The van der Waals surface area contributed by atoms with Crippen molar-refractivity contribution in [2.24, 2.45) is 0 Å². The Morgan fingerprint density at radius 1 is 0.952 bits per heavy atom. The Bertz CT molecular complexity index is 778. The van der Waals surface area contributed by atoms with Gasteiger partial charge in [-0.3, -0.25) is 4.98 Å². The van der Waals surface area contributed by atoms with Crippen LogP contribution in [-0.4, -0.2) is 4.98 Å². The molecule has 0 radical (unpaired) electrons. The summed E-state index contributed by atoms with van der Waals surface area (Å²) in [6, 6.07) is 18.1. The van der Waals surface area contributed by atoms with E-state index in [0.29, 0.717) is 12.1 Å². The zero-order valence-corrected chi connectivity index (χ0v) is 12.8. The number of nitrogens with zero attached hydrogens (tertiary/aromatic N) is 1. The third-order valence-corrected chi connectivity index (χ3v) is 4.30. The summed E-state index contributed by atoms with van der Waals surface area (Å²) in [6.45, 7) is 3.78. The molecule has 3 aromatic rings. The number of fused-ring (bicyclic) bond motifs is 1. The summed E-state index contributed by atoms with van der Waals surface area (Å²) in [5, 5.41) is 2.23. The quantitative estimate of drug-likeness (QED) is 0.610. The molecule has 1 heterocycles. The van der Waals surface area contributed by atoms with E-state index in [4.69, 9.17) is 0 Å². The highest BCUT2D eigenvalue weighted by molar-refractivity contribution is 7.95. The van der Waals surface area contributed by atoms with Gasteiger partial charge < -0.3 is 0 Å². The van der Waals surface area contributed by atoms with Gasteiger partial charge in [0, 0.05) is 17.1 Å². The number of halogens is 1. The average Bonchev–Trinajstić information content (AvgIpc) is 2.54. The molecule has 1 aromatic heterocycles. The van der Waals surface area contributed by atoms with Gasteiger partial charge in [0.15, 0.2) is 0 Å². The molecule has 0 saturated carbocycles. The van der Waals surface area contributed by atoms with Crippen LogP contribution in [0.15, 0.2) is 60.8 Å². The minimum Gasteiger partial charge on any atom is -0.256 e. The molecule has 3 rings (SSSR count). The Balaban J connectivity index is 2.30. The third kappa shape index (κ3) is 2.54. The summed E-state index contributed by atoms with van der Waals surface area (Å²) in [4.78, 5) is 4.55. The Morgan fingerprint density at radius 3 is 2.48 bits per heavy atom. The normalized spacial score (nSPS) is 11.8. The predicted molar refractivity (Wildman–Crippen MR) is 88.9 cm³/mol. The standard InChI is InChI=1S/C18H16FNS/c1-18(2,21-19)16-10-6-5-9-15(16)17-14-8-4-3-7-13(14)11-12-20-17/h3-12H,1-2H3. The van der Waals surface area contributed by atoms with E-state index in [9.17, 15) is 3.89 Å². The maximum absolute atomic E-state index is 13.4. The van der Waals surface area contributed by atoms with Crippen LogP contribution in [0.25, 0.3) is 22.0 Å². The lowest BCUT2D eigenvalue weighted by atomic mass is 9.92. The Kier molecular flexibility index (Phi) is 3.68. The molecular formula is C18H16FNS. The van der Waals surface area contributed by atoms with Gasteiger partial charge in [-0.15, -0.1) is 0 Å². The summed E-state index contributed by atoms with van der Waals surface area (Å²) >= 11 is 0.367. The molecule has 0 unspecified atom stereocenters. The fourth-order valence-electron chi connectivity index (χ4n) is 2.59. The van der Waals surface area contributed by atoms with Crippen LogP contribution in [0.3, 0.4) is 0 Å². The van der Waals surface area contributed by atoms with Gasteiger partial charge in [-0.2, -0.15) is 3.89 Å². The Morgan fingerprint density at radius 2 is 1.67 bits per heavy atom. The van der Waals surface area contributed by atoms with Crippen LogP contribution in [0.5, 0.6) is 0 Å². The Labute approximate surface area is 128 Å². The second-order valence-corrected chi connectivity index (χ2v) is 6.69. The first-order chi connectivity index (χ1) is 10.1. The molecule has 0 N–H and O–H groups in total. The number of hydrogen-bond acceptors (Lipinski definition) is 2. The maximum Gasteiger partial charge on any atom is 0.0783 e. The Hall–Kier alpha value is -1.87. The van der Waals surface area contributed by atoms with Crippen LogP contribution in [0.2, 0.25) is 0 Å². The number of hydrogen-bond donors (Lipinski definition) is 0. The zero-order valence-electron chi connectivity index (χ0n) is 12.0. The van der Waals surface area contributed by atoms with E-state index >= 15 is 0 Å². The predicted octanol–water partition coefficient (Wildman–Crippen LogP) is 5.75. The lowest BCUT2D eigenvalue weighted by molar-refractivity contribution is 0.743. The average molecular weight is 297 g/mol. The van der Waals surface area contributed by atoms with Crippen molar-refractivity contribution in [1.82, 2.24) is 4.98 Å². The van der Waals surface area contributed by atoms with Crippen LogP contribution in [0, 0.1) is 0 Å². The molecule has 0 atom stereocenters. The SMILES string of the molecule is CC(C)(SF)c1ccccc1-c1nccc2ccccc12. The molecule has 0 fully saturated rings. The van der Waals surface area contributed by atoms with Gasteiger partial charge in [0.1, 0.15) is 0 Å². The fourth-order valence-corrected chi connectivity index (χ4v) is 2.85. The second kappa shape index (κ2) is 5.49. The van der Waals surface area contributed by atoms with Crippen molar-refractivity contribution in [2.75, 3.05) is 0 Å². The summed E-state index contributed by atoms with van der Waals surface area (Å²) in [6.07, 6.45) is 1.81. The topological polar surface area (TPSA) is 12.9 Å². The lowest BCUT2D eigenvalue weighted by Gasteiger charge is -2.23. The maximum atomic E-state index is 13.4. The minimum atomic E-state index is -0.602. The number of benzene rings is 2. The highest BCUT2D eigenvalue weighted by Gasteiger charge is 2.26. The molecular weight excluding hydrogens is 281 g/mol. The first kappa shape index (κ1) is 14.1. The molecule has 21 heavy (non-hydrogen) atoms. The van der Waals surface area contributed by atoms with Gasteiger partial charge in [0.25, 0.3) is 0 Å². The van der Waals surface area contributed by atoms with Crippen LogP contribution in [-0.2, 0) is 4.75 Å². The van der Waals surface area contributed by atoms with Crippen LogP contribution in [0.4, 0.5) is 3.89 Å². The molecule has 0 spiro atoms. The number of rotatable bonds is 3. The molecule has 2 aromatic carbocycles. The van der Waals surface area contributed by atoms with E-state index < -0.39 is 4.75 Å². The van der Waals surface area contributed by atoms with E-state index in [0.717, 1.165) is 27.6 Å². The van der Waals surface area contributed by atoms with Gasteiger partial charge in [0.2, 0.25) is 0 Å². The van der Waals surface area contributed by atoms with Crippen molar-refractivity contribution in [3.8, 4) is 11.3 Å². The molecule has 0 aliphatic rings. The molecule has 0 aliphatic carbocycles. The first-order valence-corrected chi connectivity index (χ1v) is 7.58. The zero-order chi connectivity index (χ0) is 14.9. The highest BCUT2D eigenvalue weighted by Crippen LogP contribution is 2.42. The summed E-state index contributed by atoms with van der Waals surface area (Å²) in [5.41, 5.74) is 2.86. The fraction of sp³-hybridized carbons (Fsp3) is 0.167. The van der Waals surface area contributed by atoms with Crippen molar-refractivity contribution in [1.29, 1.82) is 0 Å². The van der Waals surface area contributed by atoms with Crippen LogP contribution in [0.1, 0.15) is 19.4 Å². The van der Waals surface area contributed by atoms with Crippen molar-refractivity contribution >= 4 is 22.9 Å². The van der Waals surface area contributed by atoms with Gasteiger partial charge >= 0.3 is 0 Å².